The van der Waals surface area contributed by atoms with Gasteiger partial charge in [0.25, 0.3) is 0 Å². The van der Waals surface area contributed by atoms with Crippen LogP contribution in [0.3, 0.4) is 0 Å². The van der Waals surface area contributed by atoms with Crippen LogP contribution in [0.2, 0.25) is 0 Å². The van der Waals surface area contributed by atoms with Crippen LogP contribution in [0, 0.1) is 20.7 Å². The molecule has 1 aromatic carbocycles. The van der Waals surface area contributed by atoms with Crippen LogP contribution in [0.15, 0.2) is 51.7 Å². The molecule has 1 aromatic rings. The van der Waals surface area contributed by atoms with E-state index >= 15 is 0 Å². The maximum absolute atomic E-state index is 13.2. The first-order chi connectivity index (χ1) is 11.5. The fourth-order valence-electron chi connectivity index (χ4n) is 1.73. The highest BCUT2D eigenvalue weighted by atomic mass is 127. The molecule has 0 atom stereocenters. The number of allylic oxidation sites excluding steroid dienone is 2. The number of hydrogen-bond acceptors (Lipinski definition) is 5. The smallest absolute Gasteiger partial charge is 0.124 e. The molecule has 1 rings (SSSR count). The van der Waals surface area contributed by atoms with Gasteiger partial charge in [0.15, 0.2) is 0 Å². The van der Waals surface area contributed by atoms with E-state index in [4.69, 9.17) is 11.5 Å². The summed E-state index contributed by atoms with van der Waals surface area (Å²) < 4.78 is 14.5. The van der Waals surface area contributed by atoms with E-state index in [0.29, 0.717) is 31.7 Å². The molecule has 0 fully saturated rings. The molecule has 24 heavy (non-hydrogen) atoms. The first-order valence-electron chi connectivity index (χ1n) is 6.92. The molecule has 0 radical (unpaired) electrons. The summed E-state index contributed by atoms with van der Waals surface area (Å²) in [4.78, 5) is 8.71. The van der Waals surface area contributed by atoms with Crippen molar-refractivity contribution >= 4 is 54.5 Å². The van der Waals surface area contributed by atoms with Crippen molar-refractivity contribution in [2.24, 2.45) is 21.5 Å². The van der Waals surface area contributed by atoms with E-state index in [1.54, 1.807) is 6.07 Å². The highest BCUT2D eigenvalue weighted by molar-refractivity contribution is 14.1. The zero-order valence-corrected chi connectivity index (χ0v) is 16.7. The first-order valence-corrected chi connectivity index (χ1v) is 8.80. The summed E-state index contributed by atoms with van der Waals surface area (Å²) in [6.07, 6.45) is 2.85. The normalized spacial score (nSPS) is 13.8. The zero-order chi connectivity index (χ0) is 18.1. The molecule has 0 spiro atoms. The standard InChI is InChI=1S/C16H16BrFIN5/c1-2-23-16(17)10(7-20)5-15(11(8-21)9-22)24-14-4-3-12(18)6-13(14)19/h3-4,6-8H,2,5,20-21H2,1H3. The van der Waals surface area contributed by atoms with Gasteiger partial charge in [-0.05, 0) is 63.6 Å². The second-order valence-corrected chi connectivity index (χ2v) is 6.39. The monoisotopic (exact) mass is 503 g/mol. The molecular formula is C16H16BrFIN5. The number of halogens is 3. The van der Waals surface area contributed by atoms with Crippen LogP contribution < -0.4 is 11.5 Å². The zero-order valence-electron chi connectivity index (χ0n) is 12.9. The molecule has 0 aliphatic rings. The van der Waals surface area contributed by atoms with Crippen LogP contribution in [0.5, 0.6) is 0 Å². The topological polar surface area (TPSA) is 101 Å². The van der Waals surface area contributed by atoms with Crippen molar-refractivity contribution in [1.82, 2.24) is 0 Å². The quantitative estimate of drug-likeness (QED) is 0.349. The average Bonchev–Trinajstić information content (AvgIpc) is 2.55. The third-order valence-corrected chi connectivity index (χ3v) is 4.51. The predicted octanol–water partition coefficient (Wildman–Crippen LogP) is 3.91. The van der Waals surface area contributed by atoms with Gasteiger partial charge in [-0.1, -0.05) is 0 Å². The van der Waals surface area contributed by atoms with E-state index in [1.165, 1.54) is 24.5 Å². The van der Waals surface area contributed by atoms with Gasteiger partial charge < -0.3 is 11.5 Å². The number of benzene rings is 1. The minimum atomic E-state index is -0.352. The number of hydrogen-bond donors (Lipinski definition) is 2. The van der Waals surface area contributed by atoms with E-state index in [0.717, 1.165) is 0 Å². The van der Waals surface area contributed by atoms with Gasteiger partial charge in [-0.2, -0.15) is 5.26 Å². The van der Waals surface area contributed by atoms with Crippen molar-refractivity contribution in [3.05, 3.63) is 51.1 Å². The summed E-state index contributed by atoms with van der Waals surface area (Å²) in [5.74, 6) is -0.352. The third-order valence-electron chi connectivity index (χ3n) is 2.88. The van der Waals surface area contributed by atoms with E-state index in [-0.39, 0.29) is 17.8 Å². The first kappa shape index (κ1) is 20.3. The number of aliphatic imine (C=N–C) groups is 2. The Morgan fingerprint density at radius 1 is 1.42 bits per heavy atom. The summed E-state index contributed by atoms with van der Waals surface area (Å²) in [6, 6.07) is 6.23. The van der Waals surface area contributed by atoms with Gasteiger partial charge in [-0.15, -0.1) is 0 Å². The maximum Gasteiger partial charge on any atom is 0.124 e. The van der Waals surface area contributed by atoms with E-state index in [2.05, 4.69) is 25.9 Å². The van der Waals surface area contributed by atoms with Gasteiger partial charge in [0, 0.05) is 34.5 Å². The van der Waals surface area contributed by atoms with Crippen LogP contribution in [0.25, 0.3) is 0 Å². The molecule has 0 aliphatic carbocycles. The molecule has 4 N–H and O–H groups in total. The Morgan fingerprint density at radius 3 is 2.62 bits per heavy atom. The van der Waals surface area contributed by atoms with E-state index < -0.39 is 0 Å². The largest absolute Gasteiger partial charge is 0.404 e. The number of nitriles is 1. The van der Waals surface area contributed by atoms with Gasteiger partial charge in [0.05, 0.1) is 17.0 Å². The van der Waals surface area contributed by atoms with Crippen molar-refractivity contribution in [3.8, 4) is 6.07 Å². The van der Waals surface area contributed by atoms with Gasteiger partial charge in [-0.25, -0.2) is 4.39 Å². The summed E-state index contributed by atoms with van der Waals surface area (Å²) in [6.45, 7) is 2.48. The van der Waals surface area contributed by atoms with Crippen LogP contribution in [-0.4, -0.2) is 16.9 Å². The Hall–Kier alpha value is -1.73. The number of nitrogens with zero attached hydrogens (tertiary/aromatic N) is 3. The fourth-order valence-corrected chi connectivity index (χ4v) is 2.85. The van der Waals surface area contributed by atoms with Gasteiger partial charge in [0.1, 0.15) is 16.5 Å². The lowest BCUT2D eigenvalue weighted by atomic mass is 10.0. The molecule has 0 unspecified atom stereocenters. The van der Waals surface area contributed by atoms with E-state index in [9.17, 15) is 9.65 Å². The van der Waals surface area contributed by atoms with Crippen LogP contribution >= 0.6 is 38.5 Å². The highest BCUT2D eigenvalue weighted by Gasteiger charge is 2.14. The van der Waals surface area contributed by atoms with Crippen molar-refractivity contribution in [2.75, 3.05) is 6.54 Å². The Balaban J connectivity index is 3.35. The van der Waals surface area contributed by atoms with E-state index in [1.807, 2.05) is 35.6 Å². The van der Waals surface area contributed by atoms with Crippen molar-refractivity contribution < 1.29 is 4.39 Å². The molecule has 0 saturated carbocycles. The minimum absolute atomic E-state index is 0.214. The summed E-state index contributed by atoms with van der Waals surface area (Å²) in [5.41, 5.74) is 13.0. The molecule has 126 valence electrons. The highest BCUT2D eigenvalue weighted by Crippen LogP contribution is 2.25. The third kappa shape index (κ3) is 5.72. The molecule has 0 bridgehead atoms. The predicted molar refractivity (Wildman–Crippen MR) is 108 cm³/mol. The second kappa shape index (κ2) is 10.2. The SMILES string of the molecule is CCN=C(Br)C(=CN)CC(=Nc1ccc(F)cc1I)C(C#N)=CN. The van der Waals surface area contributed by atoms with Crippen LogP contribution in [0.4, 0.5) is 10.1 Å². The summed E-state index contributed by atoms with van der Waals surface area (Å²) >= 11 is 5.34. The number of nitrogens with two attached hydrogens (primary N) is 2. The van der Waals surface area contributed by atoms with Crippen molar-refractivity contribution in [1.29, 1.82) is 5.26 Å². The van der Waals surface area contributed by atoms with Crippen molar-refractivity contribution in [3.63, 3.8) is 0 Å². The second-order valence-electron chi connectivity index (χ2n) is 4.48. The lowest BCUT2D eigenvalue weighted by Crippen LogP contribution is -2.10. The number of rotatable bonds is 6. The van der Waals surface area contributed by atoms with Gasteiger partial charge in [0.2, 0.25) is 0 Å². The average molecular weight is 504 g/mol. The minimum Gasteiger partial charge on any atom is -0.404 e. The van der Waals surface area contributed by atoms with Crippen LogP contribution in [0.1, 0.15) is 13.3 Å². The van der Waals surface area contributed by atoms with Crippen LogP contribution in [-0.2, 0) is 0 Å². The fraction of sp³-hybridized carbons (Fsp3) is 0.188. The summed E-state index contributed by atoms with van der Waals surface area (Å²) in [5, 5.41) is 9.28. The molecule has 0 saturated heterocycles. The molecule has 0 aliphatic heterocycles. The molecule has 0 aromatic heterocycles. The summed E-state index contributed by atoms with van der Waals surface area (Å²) in [7, 11) is 0. The Morgan fingerprint density at radius 2 is 2.12 bits per heavy atom. The van der Waals surface area contributed by atoms with Gasteiger partial charge >= 0.3 is 0 Å². The van der Waals surface area contributed by atoms with Crippen molar-refractivity contribution in [2.45, 2.75) is 13.3 Å². The molecule has 8 heteroatoms. The maximum atomic E-state index is 13.2. The Kier molecular flexibility index (Phi) is 8.63. The molecular weight excluding hydrogens is 488 g/mol. The molecule has 0 amide bonds. The van der Waals surface area contributed by atoms with Gasteiger partial charge in [-0.3, -0.25) is 9.98 Å². The lowest BCUT2D eigenvalue weighted by Gasteiger charge is -2.09. The molecule has 5 nitrogen and oxygen atoms in total. The molecule has 0 heterocycles. The Bertz CT molecular complexity index is 762. The lowest BCUT2D eigenvalue weighted by molar-refractivity contribution is 0.627. The Labute approximate surface area is 162 Å².